The molecule has 0 saturated carbocycles. The highest BCUT2D eigenvalue weighted by molar-refractivity contribution is 5.93. The minimum atomic E-state index is -1.10. The fraction of sp³-hybridized carbons (Fsp3) is 0.440. The summed E-state index contributed by atoms with van der Waals surface area (Å²) in [6.45, 7) is 3.72. The van der Waals surface area contributed by atoms with Gasteiger partial charge in [-0.2, -0.15) is 0 Å². The smallest absolute Gasteiger partial charge is 0.420 e. The number of benzene rings is 1. The zero-order valence-corrected chi connectivity index (χ0v) is 20.1. The lowest BCUT2D eigenvalue weighted by Crippen LogP contribution is -2.37. The van der Waals surface area contributed by atoms with Crippen molar-refractivity contribution < 1.29 is 33.0 Å². The van der Waals surface area contributed by atoms with Crippen LogP contribution in [0.4, 0.5) is 9.18 Å². The summed E-state index contributed by atoms with van der Waals surface area (Å²) in [5.41, 5.74) is 5.93. The fourth-order valence-corrected chi connectivity index (χ4v) is 3.09. The van der Waals surface area contributed by atoms with Gasteiger partial charge in [-0.25, -0.2) is 19.0 Å². The van der Waals surface area contributed by atoms with Crippen LogP contribution < -0.4 is 20.5 Å². The number of rotatable bonds is 13. The lowest BCUT2D eigenvalue weighted by atomic mass is 10.1. The number of ether oxygens (including phenoxy) is 3. The molecule has 35 heavy (non-hydrogen) atoms. The summed E-state index contributed by atoms with van der Waals surface area (Å²) in [6.07, 6.45) is 5.28. The molecule has 0 aliphatic heterocycles. The molecule has 0 radical (unpaired) electrons. The average Bonchev–Trinajstić information content (AvgIpc) is 2.85. The van der Waals surface area contributed by atoms with Gasteiger partial charge in [0.05, 0.1) is 12.1 Å². The Labute approximate surface area is 204 Å². The molecule has 0 fully saturated rings. The Balaban J connectivity index is 2.22. The van der Waals surface area contributed by atoms with Crippen LogP contribution in [-0.4, -0.2) is 35.6 Å². The molecular weight excluding hydrogens is 457 g/mol. The molecule has 0 aliphatic carbocycles. The van der Waals surface area contributed by atoms with Crippen LogP contribution in [-0.2, 0) is 16.1 Å². The molecule has 2 aromatic rings. The van der Waals surface area contributed by atoms with Crippen molar-refractivity contribution in [3.05, 3.63) is 53.5 Å². The normalized spacial score (nSPS) is 10.7. The van der Waals surface area contributed by atoms with Crippen molar-refractivity contribution in [2.75, 3.05) is 6.54 Å². The van der Waals surface area contributed by atoms with E-state index in [-0.39, 0.29) is 29.9 Å². The standard InChI is InChI=1S/C25H32FN3O6/c1-3-5-7-20(8-6-4-2)34-24(31)18-13-21(33-16-17-9-11-19(26)12-10-17)23(28-15-18)35-25(32)29-22(30)14-27/h9-13,15,20H,3-8,14,16,27H2,1-2H3,(H,29,30,32). The number of unbranched alkanes of at least 4 members (excludes halogenated alkanes) is 2. The maximum atomic E-state index is 13.2. The number of carbonyl (C=O) groups excluding carboxylic acids is 3. The molecule has 1 aromatic heterocycles. The van der Waals surface area contributed by atoms with Gasteiger partial charge in [-0.05, 0) is 30.5 Å². The molecule has 0 aliphatic rings. The van der Waals surface area contributed by atoms with Crippen LogP contribution in [0.2, 0.25) is 0 Å². The number of esters is 1. The van der Waals surface area contributed by atoms with Crippen molar-refractivity contribution in [1.29, 1.82) is 0 Å². The number of hydrogen-bond donors (Lipinski definition) is 2. The van der Waals surface area contributed by atoms with Crippen LogP contribution >= 0.6 is 0 Å². The van der Waals surface area contributed by atoms with E-state index in [1.165, 1.54) is 36.5 Å². The second-order valence-corrected chi connectivity index (χ2v) is 7.90. The van der Waals surface area contributed by atoms with Crippen molar-refractivity contribution in [2.45, 2.75) is 65.1 Å². The van der Waals surface area contributed by atoms with E-state index < -0.39 is 30.3 Å². The Bertz CT molecular complexity index is 976. The third kappa shape index (κ3) is 9.70. The number of halogens is 1. The highest BCUT2D eigenvalue weighted by Crippen LogP contribution is 2.28. The summed E-state index contributed by atoms with van der Waals surface area (Å²) >= 11 is 0. The summed E-state index contributed by atoms with van der Waals surface area (Å²) in [5, 5.41) is 1.93. The van der Waals surface area contributed by atoms with Gasteiger partial charge in [-0.3, -0.25) is 10.1 Å². The Morgan fingerprint density at radius 3 is 2.34 bits per heavy atom. The number of nitrogens with one attached hydrogen (secondary N) is 1. The molecule has 0 bridgehead atoms. The molecule has 1 heterocycles. The Morgan fingerprint density at radius 2 is 1.74 bits per heavy atom. The molecule has 0 atom stereocenters. The first kappa shape index (κ1) is 27.7. The highest BCUT2D eigenvalue weighted by Gasteiger charge is 2.20. The third-order valence-corrected chi connectivity index (χ3v) is 5.01. The van der Waals surface area contributed by atoms with Gasteiger partial charge in [0.2, 0.25) is 5.91 Å². The van der Waals surface area contributed by atoms with Gasteiger partial charge in [-0.1, -0.05) is 51.7 Å². The van der Waals surface area contributed by atoms with Gasteiger partial charge in [0.15, 0.2) is 5.75 Å². The van der Waals surface area contributed by atoms with Crippen molar-refractivity contribution in [2.24, 2.45) is 5.73 Å². The molecule has 0 spiro atoms. The summed E-state index contributed by atoms with van der Waals surface area (Å²) in [6, 6.07) is 6.96. The van der Waals surface area contributed by atoms with Gasteiger partial charge < -0.3 is 19.9 Å². The van der Waals surface area contributed by atoms with Crippen LogP contribution in [0, 0.1) is 5.82 Å². The number of amides is 2. The first-order valence-corrected chi connectivity index (χ1v) is 11.7. The van der Waals surface area contributed by atoms with Crippen LogP contribution in [0.25, 0.3) is 0 Å². The highest BCUT2D eigenvalue weighted by atomic mass is 19.1. The van der Waals surface area contributed by atoms with Gasteiger partial charge in [-0.15, -0.1) is 0 Å². The van der Waals surface area contributed by atoms with Crippen molar-refractivity contribution in [1.82, 2.24) is 10.3 Å². The number of hydrogen-bond acceptors (Lipinski definition) is 8. The summed E-state index contributed by atoms with van der Waals surface area (Å²) in [4.78, 5) is 40.2. The van der Waals surface area contributed by atoms with Crippen molar-refractivity contribution in [3.63, 3.8) is 0 Å². The van der Waals surface area contributed by atoms with E-state index in [2.05, 4.69) is 18.8 Å². The molecule has 10 heteroatoms. The maximum absolute atomic E-state index is 13.2. The Kier molecular flexibility index (Phi) is 11.6. The average molecular weight is 490 g/mol. The van der Waals surface area contributed by atoms with E-state index in [0.29, 0.717) is 5.56 Å². The second-order valence-electron chi connectivity index (χ2n) is 7.90. The maximum Gasteiger partial charge on any atom is 0.420 e. The Hall–Kier alpha value is -3.53. The van der Waals surface area contributed by atoms with Crippen LogP contribution in [0.15, 0.2) is 36.5 Å². The molecule has 2 amide bonds. The largest absolute Gasteiger partial charge is 0.483 e. The first-order valence-electron chi connectivity index (χ1n) is 11.7. The summed E-state index contributed by atoms with van der Waals surface area (Å²) in [5.74, 6) is -2.01. The number of nitrogens with two attached hydrogens (primary N) is 1. The molecule has 0 saturated heterocycles. The van der Waals surface area contributed by atoms with Crippen molar-refractivity contribution >= 4 is 18.0 Å². The van der Waals surface area contributed by atoms with E-state index in [0.717, 1.165) is 38.5 Å². The summed E-state index contributed by atoms with van der Waals surface area (Å²) < 4.78 is 29.7. The molecule has 0 unspecified atom stereocenters. The second kappa shape index (κ2) is 14.7. The van der Waals surface area contributed by atoms with Crippen LogP contribution in [0.1, 0.15) is 68.3 Å². The SMILES string of the molecule is CCCCC(CCCC)OC(=O)c1cnc(OC(=O)NC(=O)CN)c(OCc2ccc(F)cc2)c1. The molecular formula is C25H32FN3O6. The number of nitrogens with zero attached hydrogens (tertiary/aromatic N) is 1. The summed E-state index contributed by atoms with van der Waals surface area (Å²) in [7, 11) is 0. The van der Waals surface area contributed by atoms with Crippen LogP contribution in [0.3, 0.4) is 0 Å². The number of carbonyl (C=O) groups is 3. The zero-order valence-electron chi connectivity index (χ0n) is 20.1. The van der Waals surface area contributed by atoms with Gasteiger partial charge in [0, 0.05) is 12.3 Å². The molecule has 3 N–H and O–H groups in total. The van der Waals surface area contributed by atoms with Gasteiger partial charge >= 0.3 is 12.1 Å². The van der Waals surface area contributed by atoms with Gasteiger partial charge in [0.1, 0.15) is 18.5 Å². The van der Waals surface area contributed by atoms with Gasteiger partial charge in [0.25, 0.3) is 5.88 Å². The first-order chi connectivity index (χ1) is 16.9. The van der Waals surface area contributed by atoms with E-state index >= 15 is 0 Å². The third-order valence-electron chi connectivity index (χ3n) is 5.01. The molecule has 9 nitrogen and oxygen atoms in total. The predicted octanol–water partition coefficient (Wildman–Crippen LogP) is 4.28. The Morgan fingerprint density at radius 1 is 1.09 bits per heavy atom. The lowest BCUT2D eigenvalue weighted by Gasteiger charge is -2.18. The molecule has 2 rings (SSSR count). The number of pyridine rings is 1. The fourth-order valence-electron chi connectivity index (χ4n) is 3.09. The minimum Gasteiger partial charge on any atom is -0.483 e. The number of aromatic nitrogens is 1. The van der Waals surface area contributed by atoms with E-state index in [1.54, 1.807) is 0 Å². The molecule has 190 valence electrons. The zero-order chi connectivity index (χ0) is 25.6. The molecule has 1 aromatic carbocycles. The monoisotopic (exact) mass is 489 g/mol. The topological polar surface area (TPSA) is 130 Å². The quantitative estimate of drug-likeness (QED) is 0.399. The lowest BCUT2D eigenvalue weighted by molar-refractivity contribution is -0.118. The van der Waals surface area contributed by atoms with E-state index in [4.69, 9.17) is 19.9 Å². The van der Waals surface area contributed by atoms with E-state index in [1.807, 2.05) is 5.32 Å². The number of imide groups is 1. The minimum absolute atomic E-state index is 0.0181. The predicted molar refractivity (Wildman–Crippen MR) is 126 cm³/mol. The van der Waals surface area contributed by atoms with Crippen molar-refractivity contribution in [3.8, 4) is 11.6 Å². The van der Waals surface area contributed by atoms with Crippen LogP contribution in [0.5, 0.6) is 11.6 Å². The van der Waals surface area contributed by atoms with E-state index in [9.17, 15) is 18.8 Å².